The SMILES string of the molecule is BrCc1cc(OCC2Cc3ccccc3O2)ccc1Br. The van der Waals surface area contributed by atoms with Crippen molar-refractivity contribution in [3.05, 3.63) is 58.1 Å². The maximum absolute atomic E-state index is 5.87. The van der Waals surface area contributed by atoms with E-state index in [1.807, 2.05) is 36.4 Å². The second-order valence-corrected chi connectivity index (χ2v) is 6.16. The summed E-state index contributed by atoms with van der Waals surface area (Å²) < 4.78 is 12.8. The Hall–Kier alpha value is -1.00. The number of hydrogen-bond donors (Lipinski definition) is 0. The van der Waals surface area contributed by atoms with E-state index in [2.05, 4.69) is 37.9 Å². The zero-order valence-corrected chi connectivity index (χ0v) is 14.0. The number of ether oxygens (including phenoxy) is 2. The highest BCUT2D eigenvalue weighted by molar-refractivity contribution is 9.10. The number of benzene rings is 2. The number of hydrogen-bond acceptors (Lipinski definition) is 2. The topological polar surface area (TPSA) is 18.5 Å². The van der Waals surface area contributed by atoms with Gasteiger partial charge in [0.1, 0.15) is 24.2 Å². The molecule has 0 N–H and O–H groups in total. The molecule has 1 unspecified atom stereocenters. The van der Waals surface area contributed by atoms with Gasteiger partial charge in [0.2, 0.25) is 0 Å². The fourth-order valence-corrected chi connectivity index (χ4v) is 3.51. The van der Waals surface area contributed by atoms with Crippen LogP contribution in [-0.2, 0) is 11.8 Å². The van der Waals surface area contributed by atoms with Crippen molar-refractivity contribution >= 4 is 31.9 Å². The summed E-state index contributed by atoms with van der Waals surface area (Å²) in [7, 11) is 0. The molecular formula is C16H14Br2O2. The molecule has 0 aliphatic carbocycles. The molecule has 104 valence electrons. The number of fused-ring (bicyclic) bond motifs is 1. The predicted molar refractivity (Wildman–Crippen MR) is 86.8 cm³/mol. The lowest BCUT2D eigenvalue weighted by molar-refractivity contribution is 0.148. The largest absolute Gasteiger partial charge is 0.490 e. The van der Waals surface area contributed by atoms with Crippen molar-refractivity contribution in [2.24, 2.45) is 0 Å². The molecule has 2 aromatic rings. The van der Waals surface area contributed by atoms with Gasteiger partial charge in [0.25, 0.3) is 0 Å². The van der Waals surface area contributed by atoms with Crippen LogP contribution in [0.15, 0.2) is 46.9 Å². The Labute approximate surface area is 135 Å². The van der Waals surface area contributed by atoms with Gasteiger partial charge in [0.05, 0.1) is 0 Å². The smallest absolute Gasteiger partial charge is 0.137 e. The van der Waals surface area contributed by atoms with Gasteiger partial charge in [-0.2, -0.15) is 0 Å². The van der Waals surface area contributed by atoms with Gasteiger partial charge in [-0.1, -0.05) is 50.1 Å². The van der Waals surface area contributed by atoms with E-state index in [4.69, 9.17) is 9.47 Å². The van der Waals surface area contributed by atoms with Crippen molar-refractivity contribution in [2.75, 3.05) is 6.61 Å². The summed E-state index contributed by atoms with van der Waals surface area (Å²) >= 11 is 6.99. The Kier molecular flexibility index (Phi) is 4.32. The van der Waals surface area contributed by atoms with Gasteiger partial charge in [-0.25, -0.2) is 0 Å². The average Bonchev–Trinajstić information content (AvgIpc) is 2.89. The van der Waals surface area contributed by atoms with Gasteiger partial charge in [-0.15, -0.1) is 0 Å². The number of rotatable bonds is 4. The van der Waals surface area contributed by atoms with E-state index < -0.39 is 0 Å². The molecule has 0 aromatic heterocycles. The molecule has 0 amide bonds. The summed E-state index contributed by atoms with van der Waals surface area (Å²) in [5.41, 5.74) is 2.44. The summed E-state index contributed by atoms with van der Waals surface area (Å²) in [4.78, 5) is 0. The summed E-state index contributed by atoms with van der Waals surface area (Å²) in [6.07, 6.45) is 1.02. The first-order valence-corrected chi connectivity index (χ1v) is 8.39. The lowest BCUT2D eigenvalue weighted by Crippen LogP contribution is -2.22. The molecule has 0 bridgehead atoms. The highest BCUT2D eigenvalue weighted by atomic mass is 79.9. The van der Waals surface area contributed by atoms with Gasteiger partial charge in [-0.05, 0) is 35.4 Å². The lowest BCUT2D eigenvalue weighted by atomic mass is 10.1. The highest BCUT2D eigenvalue weighted by Crippen LogP contribution is 2.29. The van der Waals surface area contributed by atoms with Crippen LogP contribution >= 0.6 is 31.9 Å². The van der Waals surface area contributed by atoms with Crippen LogP contribution in [0.5, 0.6) is 11.5 Å². The van der Waals surface area contributed by atoms with E-state index in [0.717, 1.165) is 27.7 Å². The highest BCUT2D eigenvalue weighted by Gasteiger charge is 2.22. The van der Waals surface area contributed by atoms with Crippen molar-refractivity contribution in [3.8, 4) is 11.5 Å². The first-order valence-electron chi connectivity index (χ1n) is 6.48. The van der Waals surface area contributed by atoms with Crippen LogP contribution in [0, 0.1) is 0 Å². The van der Waals surface area contributed by atoms with Gasteiger partial charge < -0.3 is 9.47 Å². The normalized spacial score (nSPS) is 16.6. The molecular weight excluding hydrogens is 384 g/mol. The number of halogens is 2. The molecule has 0 radical (unpaired) electrons. The van der Waals surface area contributed by atoms with Crippen LogP contribution in [0.2, 0.25) is 0 Å². The molecule has 3 rings (SSSR count). The van der Waals surface area contributed by atoms with E-state index in [1.165, 1.54) is 11.1 Å². The van der Waals surface area contributed by atoms with Gasteiger partial charge in [0.15, 0.2) is 0 Å². The minimum Gasteiger partial charge on any atom is -0.490 e. The van der Waals surface area contributed by atoms with Crippen molar-refractivity contribution in [3.63, 3.8) is 0 Å². The molecule has 1 aliphatic heterocycles. The minimum atomic E-state index is 0.100. The first-order chi connectivity index (χ1) is 9.76. The predicted octanol–water partition coefficient (Wildman–Crippen LogP) is 4.73. The summed E-state index contributed by atoms with van der Waals surface area (Å²) in [5.74, 6) is 1.86. The molecule has 1 heterocycles. The van der Waals surface area contributed by atoms with Gasteiger partial charge in [0, 0.05) is 16.2 Å². The molecule has 4 heteroatoms. The fraction of sp³-hybridized carbons (Fsp3) is 0.250. The molecule has 1 aliphatic rings. The van der Waals surface area contributed by atoms with Crippen LogP contribution in [0.25, 0.3) is 0 Å². The van der Waals surface area contributed by atoms with E-state index in [9.17, 15) is 0 Å². The van der Waals surface area contributed by atoms with Crippen molar-refractivity contribution in [1.29, 1.82) is 0 Å². The van der Waals surface area contributed by atoms with Crippen molar-refractivity contribution in [1.82, 2.24) is 0 Å². The molecule has 1 atom stereocenters. The maximum Gasteiger partial charge on any atom is 0.137 e. The third-order valence-electron chi connectivity index (χ3n) is 3.31. The molecule has 0 saturated heterocycles. The molecule has 2 nitrogen and oxygen atoms in total. The van der Waals surface area contributed by atoms with E-state index in [-0.39, 0.29) is 6.10 Å². The number of para-hydroxylation sites is 1. The second-order valence-electron chi connectivity index (χ2n) is 4.75. The van der Waals surface area contributed by atoms with Crippen molar-refractivity contribution in [2.45, 2.75) is 17.9 Å². The van der Waals surface area contributed by atoms with Crippen LogP contribution in [-0.4, -0.2) is 12.7 Å². The minimum absolute atomic E-state index is 0.100. The van der Waals surface area contributed by atoms with Gasteiger partial charge >= 0.3 is 0 Å². The molecule has 0 spiro atoms. The van der Waals surface area contributed by atoms with Gasteiger partial charge in [-0.3, -0.25) is 0 Å². The summed E-state index contributed by atoms with van der Waals surface area (Å²) in [5, 5.41) is 0.802. The molecule has 0 saturated carbocycles. The van der Waals surface area contributed by atoms with Crippen molar-refractivity contribution < 1.29 is 9.47 Å². The van der Waals surface area contributed by atoms with E-state index in [0.29, 0.717) is 6.61 Å². The van der Waals surface area contributed by atoms with Crippen LogP contribution in [0.4, 0.5) is 0 Å². The molecule has 0 fully saturated rings. The number of alkyl halides is 1. The molecule has 2 aromatic carbocycles. The second kappa shape index (κ2) is 6.19. The standard InChI is InChI=1S/C16H14Br2O2/c17-9-12-8-13(5-6-15(12)18)19-10-14-7-11-3-1-2-4-16(11)20-14/h1-6,8,14H,7,9-10H2. The first kappa shape index (κ1) is 14.0. The zero-order valence-electron chi connectivity index (χ0n) is 10.8. The Balaban J connectivity index is 1.61. The Bertz CT molecular complexity index is 588. The third kappa shape index (κ3) is 3.01. The van der Waals surface area contributed by atoms with E-state index >= 15 is 0 Å². The Morgan fingerprint density at radius 3 is 2.85 bits per heavy atom. The van der Waals surface area contributed by atoms with Crippen LogP contribution in [0.3, 0.4) is 0 Å². The zero-order chi connectivity index (χ0) is 13.9. The summed E-state index contributed by atoms with van der Waals surface area (Å²) in [6.45, 7) is 0.567. The lowest BCUT2D eigenvalue weighted by Gasteiger charge is -2.13. The monoisotopic (exact) mass is 396 g/mol. The summed E-state index contributed by atoms with van der Waals surface area (Å²) in [6, 6.07) is 14.2. The Morgan fingerprint density at radius 2 is 2.05 bits per heavy atom. The quantitative estimate of drug-likeness (QED) is 0.694. The third-order valence-corrected chi connectivity index (χ3v) is 4.69. The van der Waals surface area contributed by atoms with Crippen LogP contribution in [0.1, 0.15) is 11.1 Å². The van der Waals surface area contributed by atoms with E-state index in [1.54, 1.807) is 0 Å². The molecule has 20 heavy (non-hydrogen) atoms. The average molecular weight is 398 g/mol. The fourth-order valence-electron chi connectivity index (χ4n) is 2.28. The van der Waals surface area contributed by atoms with Crippen LogP contribution < -0.4 is 9.47 Å². The maximum atomic E-state index is 5.87. The Morgan fingerprint density at radius 1 is 1.20 bits per heavy atom.